The Bertz CT molecular complexity index is 541. The van der Waals surface area contributed by atoms with Crippen molar-refractivity contribution in [1.29, 1.82) is 0 Å². The molecule has 0 aliphatic carbocycles. The summed E-state index contributed by atoms with van der Waals surface area (Å²) in [6.07, 6.45) is 0. The summed E-state index contributed by atoms with van der Waals surface area (Å²) in [6, 6.07) is 12.7. The van der Waals surface area contributed by atoms with Crippen LogP contribution in [0.2, 0.25) is 0 Å². The zero-order valence-electron chi connectivity index (χ0n) is 9.41. The fraction of sp³-hybridized carbons (Fsp3) is 0.0714. The molecule has 0 aliphatic rings. The number of aryl methyl sites for hydroxylation is 1. The summed E-state index contributed by atoms with van der Waals surface area (Å²) in [6.45, 7) is 1.93. The molecule has 0 amide bonds. The van der Waals surface area contributed by atoms with Gasteiger partial charge in [-0.25, -0.2) is 0 Å². The maximum atomic E-state index is 12.2. The van der Waals surface area contributed by atoms with Crippen LogP contribution in [0.3, 0.4) is 0 Å². The van der Waals surface area contributed by atoms with E-state index in [9.17, 15) is 4.79 Å². The molecule has 0 saturated carbocycles. The second kappa shape index (κ2) is 4.72. The van der Waals surface area contributed by atoms with Gasteiger partial charge in [0.1, 0.15) is 0 Å². The molecule has 3 heteroatoms. The molecule has 2 rings (SSSR count). The first-order valence-electron chi connectivity index (χ1n) is 5.24. The SMILES string of the molecule is Cc1cc(N)cc(C(=O)c2ccc(Br)cc2)c1. The van der Waals surface area contributed by atoms with E-state index in [-0.39, 0.29) is 5.78 Å². The van der Waals surface area contributed by atoms with Crippen molar-refractivity contribution in [3.05, 3.63) is 63.6 Å². The Kier molecular flexibility index (Phi) is 3.29. The molecule has 2 aromatic carbocycles. The van der Waals surface area contributed by atoms with E-state index in [1.54, 1.807) is 18.2 Å². The molecular formula is C14H12BrNO. The summed E-state index contributed by atoms with van der Waals surface area (Å²) in [4.78, 5) is 12.2. The van der Waals surface area contributed by atoms with Crippen LogP contribution in [0.5, 0.6) is 0 Å². The number of ketones is 1. The predicted molar refractivity (Wildman–Crippen MR) is 73.2 cm³/mol. The minimum atomic E-state index is -0.00657. The standard InChI is InChI=1S/C14H12BrNO/c1-9-6-11(8-13(16)7-9)14(17)10-2-4-12(15)5-3-10/h2-8H,16H2,1H3. The van der Waals surface area contributed by atoms with Crippen LogP contribution < -0.4 is 5.73 Å². The van der Waals surface area contributed by atoms with Gasteiger partial charge < -0.3 is 5.73 Å². The summed E-state index contributed by atoms with van der Waals surface area (Å²) in [7, 11) is 0. The smallest absolute Gasteiger partial charge is 0.193 e. The lowest BCUT2D eigenvalue weighted by Crippen LogP contribution is -2.02. The molecule has 2 aromatic rings. The van der Waals surface area contributed by atoms with Gasteiger partial charge >= 0.3 is 0 Å². The van der Waals surface area contributed by atoms with Gasteiger partial charge in [-0.15, -0.1) is 0 Å². The summed E-state index contributed by atoms with van der Waals surface area (Å²) in [5.74, 6) is -0.00657. The van der Waals surface area contributed by atoms with Crippen LogP contribution in [-0.4, -0.2) is 5.78 Å². The molecule has 0 aromatic heterocycles. The van der Waals surface area contributed by atoms with Crippen LogP contribution in [0.4, 0.5) is 5.69 Å². The van der Waals surface area contributed by atoms with Crippen molar-refractivity contribution in [2.45, 2.75) is 6.92 Å². The zero-order valence-corrected chi connectivity index (χ0v) is 11.0. The molecule has 0 spiro atoms. The van der Waals surface area contributed by atoms with E-state index in [0.717, 1.165) is 10.0 Å². The van der Waals surface area contributed by atoms with Crippen molar-refractivity contribution in [2.75, 3.05) is 5.73 Å². The number of halogens is 1. The number of hydrogen-bond donors (Lipinski definition) is 1. The van der Waals surface area contributed by atoms with Crippen LogP contribution in [0.15, 0.2) is 46.9 Å². The third-order valence-corrected chi connectivity index (χ3v) is 3.00. The van der Waals surface area contributed by atoms with Crippen LogP contribution in [0.1, 0.15) is 21.5 Å². The lowest BCUT2D eigenvalue weighted by Gasteiger charge is -2.04. The summed E-state index contributed by atoms with van der Waals surface area (Å²) < 4.78 is 0.956. The number of carbonyl (C=O) groups excluding carboxylic acids is 1. The highest BCUT2D eigenvalue weighted by molar-refractivity contribution is 9.10. The minimum Gasteiger partial charge on any atom is -0.399 e. The molecule has 0 atom stereocenters. The number of rotatable bonds is 2. The van der Waals surface area contributed by atoms with Gasteiger partial charge in [-0.2, -0.15) is 0 Å². The third kappa shape index (κ3) is 2.74. The lowest BCUT2D eigenvalue weighted by molar-refractivity contribution is 0.103. The highest BCUT2D eigenvalue weighted by Gasteiger charge is 2.09. The number of anilines is 1. The van der Waals surface area contributed by atoms with Crippen molar-refractivity contribution in [1.82, 2.24) is 0 Å². The Morgan fingerprint density at radius 3 is 2.29 bits per heavy atom. The Labute approximate surface area is 109 Å². The van der Waals surface area contributed by atoms with Crippen molar-refractivity contribution in [3.8, 4) is 0 Å². The number of nitrogen functional groups attached to an aromatic ring is 1. The Hall–Kier alpha value is -1.61. The molecule has 0 radical (unpaired) electrons. The molecule has 0 fully saturated rings. The average molecular weight is 290 g/mol. The average Bonchev–Trinajstić information content (AvgIpc) is 2.28. The van der Waals surface area contributed by atoms with Gasteiger partial charge in [0.15, 0.2) is 5.78 Å². The largest absolute Gasteiger partial charge is 0.399 e. The van der Waals surface area contributed by atoms with E-state index in [1.807, 2.05) is 31.2 Å². The van der Waals surface area contributed by atoms with Crippen LogP contribution >= 0.6 is 15.9 Å². The van der Waals surface area contributed by atoms with Gasteiger partial charge in [0.25, 0.3) is 0 Å². The molecule has 17 heavy (non-hydrogen) atoms. The molecule has 2 nitrogen and oxygen atoms in total. The molecule has 0 bridgehead atoms. The van der Waals surface area contributed by atoms with Crippen LogP contribution in [-0.2, 0) is 0 Å². The molecule has 0 unspecified atom stereocenters. The summed E-state index contributed by atoms with van der Waals surface area (Å²) in [5, 5.41) is 0. The fourth-order valence-corrected chi connectivity index (χ4v) is 1.98. The quantitative estimate of drug-likeness (QED) is 0.678. The van der Waals surface area contributed by atoms with E-state index >= 15 is 0 Å². The number of nitrogens with two attached hydrogens (primary N) is 1. The van der Waals surface area contributed by atoms with E-state index in [2.05, 4.69) is 15.9 Å². The molecule has 86 valence electrons. The Morgan fingerprint density at radius 2 is 1.71 bits per heavy atom. The van der Waals surface area contributed by atoms with Crippen LogP contribution in [0.25, 0.3) is 0 Å². The first-order chi connectivity index (χ1) is 8.06. The van der Waals surface area contributed by atoms with Gasteiger partial charge in [-0.05, 0) is 55.0 Å². The van der Waals surface area contributed by atoms with Gasteiger partial charge in [-0.1, -0.05) is 15.9 Å². The zero-order chi connectivity index (χ0) is 12.4. The number of carbonyl (C=O) groups is 1. The molecule has 0 aliphatic heterocycles. The van der Waals surface area contributed by atoms with E-state index in [0.29, 0.717) is 16.8 Å². The predicted octanol–water partition coefficient (Wildman–Crippen LogP) is 3.57. The van der Waals surface area contributed by atoms with Crippen molar-refractivity contribution in [3.63, 3.8) is 0 Å². The van der Waals surface area contributed by atoms with Crippen molar-refractivity contribution >= 4 is 27.4 Å². The monoisotopic (exact) mass is 289 g/mol. The third-order valence-electron chi connectivity index (χ3n) is 2.47. The highest BCUT2D eigenvalue weighted by atomic mass is 79.9. The van der Waals surface area contributed by atoms with Crippen LogP contribution in [0, 0.1) is 6.92 Å². The second-order valence-corrected chi connectivity index (χ2v) is 4.88. The maximum absolute atomic E-state index is 12.2. The second-order valence-electron chi connectivity index (χ2n) is 3.97. The van der Waals surface area contributed by atoms with Gasteiger partial charge in [-0.3, -0.25) is 4.79 Å². The van der Waals surface area contributed by atoms with Gasteiger partial charge in [0.2, 0.25) is 0 Å². The molecule has 0 heterocycles. The van der Waals surface area contributed by atoms with Crippen molar-refractivity contribution < 1.29 is 4.79 Å². The van der Waals surface area contributed by atoms with Gasteiger partial charge in [0.05, 0.1) is 0 Å². The van der Waals surface area contributed by atoms with Crippen molar-refractivity contribution in [2.24, 2.45) is 0 Å². The highest BCUT2D eigenvalue weighted by Crippen LogP contribution is 2.17. The number of hydrogen-bond acceptors (Lipinski definition) is 2. The maximum Gasteiger partial charge on any atom is 0.193 e. The summed E-state index contributed by atoms with van der Waals surface area (Å²) in [5.41, 5.74) is 8.64. The molecule has 0 saturated heterocycles. The fourth-order valence-electron chi connectivity index (χ4n) is 1.71. The van der Waals surface area contributed by atoms with Gasteiger partial charge in [0, 0.05) is 21.3 Å². The Morgan fingerprint density at radius 1 is 1.06 bits per heavy atom. The first-order valence-corrected chi connectivity index (χ1v) is 6.03. The van der Waals surface area contributed by atoms with E-state index in [4.69, 9.17) is 5.73 Å². The Balaban J connectivity index is 2.40. The first kappa shape index (κ1) is 11.9. The van der Waals surface area contributed by atoms with E-state index < -0.39 is 0 Å². The molecular weight excluding hydrogens is 278 g/mol. The number of benzene rings is 2. The topological polar surface area (TPSA) is 43.1 Å². The lowest BCUT2D eigenvalue weighted by atomic mass is 10.0. The minimum absolute atomic E-state index is 0.00657. The summed E-state index contributed by atoms with van der Waals surface area (Å²) >= 11 is 3.34. The molecule has 2 N–H and O–H groups in total. The van der Waals surface area contributed by atoms with E-state index in [1.165, 1.54) is 0 Å². The normalized spacial score (nSPS) is 10.2.